The number of nitrogens with one attached hydrogen (secondary N) is 1. The molecule has 2 aromatic heterocycles. The fourth-order valence-electron chi connectivity index (χ4n) is 1.75. The number of nitrogens with zero attached hydrogens (tertiary/aromatic N) is 3. The van der Waals surface area contributed by atoms with Crippen LogP contribution in [0.15, 0.2) is 24.5 Å². The van der Waals surface area contributed by atoms with E-state index in [1.807, 2.05) is 6.07 Å². The van der Waals surface area contributed by atoms with Gasteiger partial charge in [-0.05, 0) is 6.07 Å². The summed E-state index contributed by atoms with van der Waals surface area (Å²) in [5.74, 6) is 0.471. The Bertz CT molecular complexity index is 574. The lowest BCUT2D eigenvalue weighted by Crippen LogP contribution is -2.14. The van der Waals surface area contributed by atoms with E-state index < -0.39 is 0 Å². The number of fused-ring (bicyclic) bond motifs is 1. The van der Waals surface area contributed by atoms with Gasteiger partial charge in [-0.25, -0.2) is 9.67 Å². The highest BCUT2D eigenvalue weighted by Crippen LogP contribution is 2.17. The first kappa shape index (κ1) is 9.83. The molecule has 6 heteroatoms. The third-order valence-corrected chi connectivity index (χ3v) is 2.65. The summed E-state index contributed by atoms with van der Waals surface area (Å²) in [6.45, 7) is 0.491. The summed E-state index contributed by atoms with van der Waals surface area (Å²) in [6, 6.07) is 3.59. The van der Waals surface area contributed by atoms with Crippen molar-refractivity contribution >= 4 is 5.91 Å². The summed E-state index contributed by atoms with van der Waals surface area (Å²) in [5, 5.41) is 7.03. The van der Waals surface area contributed by atoms with Crippen LogP contribution in [0.1, 0.15) is 16.1 Å². The van der Waals surface area contributed by atoms with Crippen LogP contribution in [0.4, 0.5) is 0 Å². The van der Waals surface area contributed by atoms with Gasteiger partial charge in [-0.2, -0.15) is 5.10 Å². The van der Waals surface area contributed by atoms with Gasteiger partial charge in [0.1, 0.15) is 0 Å². The minimum Gasteiger partial charge on any atom is -0.481 e. The molecular weight excluding hydrogens is 220 g/mol. The van der Waals surface area contributed by atoms with E-state index in [0.29, 0.717) is 18.0 Å². The van der Waals surface area contributed by atoms with Crippen molar-refractivity contribution in [2.75, 3.05) is 7.11 Å². The summed E-state index contributed by atoms with van der Waals surface area (Å²) in [5.41, 5.74) is 2.19. The zero-order valence-corrected chi connectivity index (χ0v) is 9.17. The molecule has 0 aromatic carbocycles. The summed E-state index contributed by atoms with van der Waals surface area (Å²) >= 11 is 0. The SMILES string of the molecule is COc1ccc(-n2cc3c(n2)CNC3=O)cn1. The van der Waals surface area contributed by atoms with Crippen LogP contribution in [0.25, 0.3) is 5.69 Å². The molecule has 0 unspecified atom stereocenters. The number of carbonyl (C=O) groups is 1. The van der Waals surface area contributed by atoms with Crippen LogP contribution in [0.2, 0.25) is 0 Å². The Morgan fingerprint density at radius 1 is 1.47 bits per heavy atom. The smallest absolute Gasteiger partial charge is 0.255 e. The molecule has 2 aromatic rings. The van der Waals surface area contributed by atoms with Crippen molar-refractivity contribution in [1.29, 1.82) is 0 Å². The van der Waals surface area contributed by atoms with Gasteiger partial charge in [-0.3, -0.25) is 4.79 Å². The Balaban J connectivity index is 1.98. The Hall–Kier alpha value is -2.37. The maximum absolute atomic E-state index is 11.4. The Morgan fingerprint density at radius 3 is 3.00 bits per heavy atom. The predicted octanol–water partition coefficient (Wildman–Crippen LogP) is 0.519. The topological polar surface area (TPSA) is 69.0 Å². The molecule has 17 heavy (non-hydrogen) atoms. The molecule has 3 rings (SSSR count). The van der Waals surface area contributed by atoms with Gasteiger partial charge in [0.15, 0.2) is 0 Å². The molecule has 86 valence electrons. The summed E-state index contributed by atoms with van der Waals surface area (Å²) in [6.07, 6.45) is 3.36. The van der Waals surface area contributed by atoms with Crippen LogP contribution in [-0.4, -0.2) is 27.8 Å². The third-order valence-electron chi connectivity index (χ3n) is 2.65. The number of rotatable bonds is 2. The second-order valence-corrected chi connectivity index (χ2v) is 3.68. The van der Waals surface area contributed by atoms with E-state index in [4.69, 9.17) is 4.74 Å². The van der Waals surface area contributed by atoms with Crippen molar-refractivity contribution < 1.29 is 9.53 Å². The first-order valence-corrected chi connectivity index (χ1v) is 5.15. The van der Waals surface area contributed by atoms with Crippen LogP contribution >= 0.6 is 0 Å². The van der Waals surface area contributed by atoms with E-state index in [9.17, 15) is 4.79 Å². The molecule has 0 radical (unpaired) electrons. The zero-order valence-electron chi connectivity index (χ0n) is 9.17. The molecule has 0 saturated carbocycles. The molecular formula is C11H10N4O2. The van der Waals surface area contributed by atoms with Crippen molar-refractivity contribution in [3.63, 3.8) is 0 Å². The molecule has 0 aliphatic carbocycles. The van der Waals surface area contributed by atoms with E-state index in [1.165, 1.54) is 0 Å². The lowest BCUT2D eigenvalue weighted by atomic mass is 10.3. The highest BCUT2D eigenvalue weighted by molar-refractivity contribution is 5.97. The van der Waals surface area contributed by atoms with Gasteiger partial charge in [0.05, 0.1) is 36.8 Å². The van der Waals surface area contributed by atoms with Crippen LogP contribution in [0.3, 0.4) is 0 Å². The van der Waals surface area contributed by atoms with E-state index in [1.54, 1.807) is 30.3 Å². The lowest BCUT2D eigenvalue weighted by molar-refractivity contribution is 0.0965. The zero-order chi connectivity index (χ0) is 11.8. The van der Waals surface area contributed by atoms with E-state index in [2.05, 4.69) is 15.4 Å². The molecule has 0 saturated heterocycles. The third kappa shape index (κ3) is 1.54. The first-order valence-electron chi connectivity index (χ1n) is 5.15. The van der Waals surface area contributed by atoms with Crippen molar-refractivity contribution in [2.45, 2.75) is 6.54 Å². The van der Waals surface area contributed by atoms with Crippen LogP contribution in [0, 0.1) is 0 Å². The van der Waals surface area contributed by atoms with Gasteiger partial charge in [0.2, 0.25) is 5.88 Å². The van der Waals surface area contributed by atoms with E-state index in [0.717, 1.165) is 11.4 Å². The van der Waals surface area contributed by atoms with E-state index >= 15 is 0 Å². The van der Waals surface area contributed by atoms with Crippen LogP contribution in [0.5, 0.6) is 5.88 Å². The lowest BCUT2D eigenvalue weighted by Gasteiger charge is -2.02. The molecule has 1 aliphatic heterocycles. The number of carbonyl (C=O) groups excluding carboxylic acids is 1. The fraction of sp³-hybridized carbons (Fsp3) is 0.182. The molecule has 1 aliphatic rings. The second-order valence-electron chi connectivity index (χ2n) is 3.68. The quantitative estimate of drug-likeness (QED) is 0.816. The highest BCUT2D eigenvalue weighted by Gasteiger charge is 2.22. The van der Waals surface area contributed by atoms with Crippen LogP contribution < -0.4 is 10.1 Å². The minimum absolute atomic E-state index is 0.0762. The Morgan fingerprint density at radius 2 is 2.35 bits per heavy atom. The van der Waals surface area contributed by atoms with Crippen molar-refractivity contribution in [1.82, 2.24) is 20.1 Å². The molecule has 6 nitrogen and oxygen atoms in total. The van der Waals surface area contributed by atoms with Crippen molar-refractivity contribution in [2.24, 2.45) is 0 Å². The maximum atomic E-state index is 11.4. The van der Waals surface area contributed by atoms with Gasteiger partial charge in [0.25, 0.3) is 5.91 Å². The van der Waals surface area contributed by atoms with Crippen molar-refractivity contribution in [3.8, 4) is 11.6 Å². The molecule has 1 amide bonds. The van der Waals surface area contributed by atoms with Gasteiger partial charge in [-0.1, -0.05) is 0 Å². The number of aromatic nitrogens is 3. The van der Waals surface area contributed by atoms with E-state index in [-0.39, 0.29) is 5.91 Å². The van der Waals surface area contributed by atoms with Gasteiger partial charge in [-0.15, -0.1) is 0 Å². The van der Waals surface area contributed by atoms with Crippen molar-refractivity contribution in [3.05, 3.63) is 35.8 Å². The Labute approximate surface area is 97.2 Å². The molecule has 1 N–H and O–H groups in total. The number of pyridine rings is 1. The predicted molar refractivity (Wildman–Crippen MR) is 59.1 cm³/mol. The molecule has 0 spiro atoms. The summed E-state index contributed by atoms with van der Waals surface area (Å²) in [7, 11) is 1.56. The number of amides is 1. The standard InChI is InChI=1S/C11H10N4O2/c1-17-10-3-2-7(4-12-10)15-6-8-9(14-15)5-13-11(8)16/h2-4,6H,5H2,1H3,(H,13,16). The second kappa shape index (κ2) is 3.58. The molecule has 0 bridgehead atoms. The summed E-state index contributed by atoms with van der Waals surface area (Å²) in [4.78, 5) is 15.5. The monoisotopic (exact) mass is 230 g/mol. The van der Waals surface area contributed by atoms with Gasteiger partial charge >= 0.3 is 0 Å². The van der Waals surface area contributed by atoms with Gasteiger partial charge < -0.3 is 10.1 Å². The average Bonchev–Trinajstić information content (AvgIpc) is 2.92. The molecule has 0 atom stereocenters. The number of methoxy groups -OCH3 is 1. The highest BCUT2D eigenvalue weighted by atomic mass is 16.5. The fourth-order valence-corrected chi connectivity index (χ4v) is 1.75. The maximum Gasteiger partial charge on any atom is 0.255 e. The molecule has 0 fully saturated rings. The average molecular weight is 230 g/mol. The molecule has 3 heterocycles. The minimum atomic E-state index is -0.0762. The first-order chi connectivity index (χ1) is 8.28. The van der Waals surface area contributed by atoms with Crippen LogP contribution in [-0.2, 0) is 6.54 Å². The number of hydrogen-bond acceptors (Lipinski definition) is 4. The normalized spacial score (nSPS) is 13.4. The summed E-state index contributed by atoms with van der Waals surface area (Å²) < 4.78 is 6.63. The number of hydrogen-bond donors (Lipinski definition) is 1. The Kier molecular flexibility index (Phi) is 2.07. The largest absolute Gasteiger partial charge is 0.481 e. The number of ether oxygens (including phenoxy) is 1. The van der Waals surface area contributed by atoms with Gasteiger partial charge in [0, 0.05) is 12.3 Å².